The van der Waals surface area contributed by atoms with Gasteiger partial charge in [0.05, 0.1) is 30.0 Å². The van der Waals surface area contributed by atoms with E-state index in [2.05, 4.69) is 10.1 Å². The molecule has 0 unspecified atom stereocenters. The molecule has 0 spiro atoms. The molecule has 5 nitrogen and oxygen atoms in total. The largest absolute Gasteiger partial charge is 0.432 e. The van der Waals surface area contributed by atoms with E-state index in [1.165, 1.54) is 18.3 Å². The summed E-state index contributed by atoms with van der Waals surface area (Å²) < 4.78 is 56.3. The van der Waals surface area contributed by atoms with Crippen LogP contribution in [0.2, 0.25) is 0 Å². The Morgan fingerprint density at radius 1 is 1.14 bits per heavy atom. The van der Waals surface area contributed by atoms with Gasteiger partial charge in [-0.05, 0) is 37.7 Å². The molecular weight excluding hydrogens is 376 g/mol. The molecule has 1 aliphatic carbocycles. The summed E-state index contributed by atoms with van der Waals surface area (Å²) in [6, 6.07) is 2.74. The molecule has 28 heavy (non-hydrogen) atoms. The molecular formula is C19H20F4N4O. The third-order valence-electron chi connectivity index (χ3n) is 5.48. The van der Waals surface area contributed by atoms with Crippen molar-refractivity contribution in [3.8, 4) is 0 Å². The monoisotopic (exact) mass is 396 g/mol. The Labute approximate surface area is 159 Å². The number of allylic oxidation sites excluding steroid dienone is 1. The molecule has 0 bridgehead atoms. The second-order valence-electron chi connectivity index (χ2n) is 7.28. The van der Waals surface area contributed by atoms with E-state index in [9.17, 15) is 22.7 Å². The Bertz CT molecular complexity index is 926. The maximum absolute atomic E-state index is 14.7. The van der Waals surface area contributed by atoms with Gasteiger partial charge in [0.1, 0.15) is 11.5 Å². The van der Waals surface area contributed by atoms with Crippen LogP contribution >= 0.6 is 0 Å². The van der Waals surface area contributed by atoms with Crippen molar-refractivity contribution in [1.29, 1.82) is 0 Å². The summed E-state index contributed by atoms with van der Waals surface area (Å²) in [5, 5.41) is 14.3. The number of fused-ring (bicyclic) bond motifs is 1. The molecule has 0 radical (unpaired) electrons. The van der Waals surface area contributed by atoms with E-state index < -0.39 is 17.7 Å². The first-order valence-corrected chi connectivity index (χ1v) is 9.22. The maximum Gasteiger partial charge on any atom is 0.432 e. The average Bonchev–Trinajstić information content (AvgIpc) is 3.09. The Morgan fingerprint density at radius 2 is 1.89 bits per heavy atom. The highest BCUT2D eigenvalue weighted by atomic mass is 19.4. The van der Waals surface area contributed by atoms with Gasteiger partial charge in [0.2, 0.25) is 0 Å². The van der Waals surface area contributed by atoms with Crippen molar-refractivity contribution >= 4 is 22.8 Å². The number of aliphatic hydroxyl groups excluding tert-OH is 1. The van der Waals surface area contributed by atoms with Crippen LogP contribution in [0.3, 0.4) is 0 Å². The summed E-state index contributed by atoms with van der Waals surface area (Å²) in [5.41, 5.74) is -0.734. The molecule has 0 amide bonds. The molecule has 2 aliphatic rings. The summed E-state index contributed by atoms with van der Waals surface area (Å²) in [5.74, 6) is -0.453. The Kier molecular flexibility index (Phi) is 4.86. The van der Waals surface area contributed by atoms with E-state index in [4.69, 9.17) is 0 Å². The highest BCUT2D eigenvalue weighted by Gasteiger charge is 2.40. The fraction of sp³-hybridized carbons (Fsp3) is 0.474. The number of aliphatic hydroxyl groups is 1. The predicted molar refractivity (Wildman–Crippen MR) is 97.7 cm³/mol. The first-order chi connectivity index (χ1) is 13.4. The van der Waals surface area contributed by atoms with E-state index in [1.54, 1.807) is 10.9 Å². The smallest absolute Gasteiger partial charge is 0.396 e. The molecule has 1 N–H and O–H groups in total. The van der Waals surface area contributed by atoms with E-state index in [0.29, 0.717) is 23.0 Å². The van der Waals surface area contributed by atoms with Gasteiger partial charge in [0.15, 0.2) is 0 Å². The molecule has 2 aromatic rings. The first kappa shape index (κ1) is 18.9. The number of halogens is 4. The van der Waals surface area contributed by atoms with Crippen LogP contribution in [0.5, 0.6) is 0 Å². The zero-order chi connectivity index (χ0) is 19.9. The molecule has 1 aromatic carbocycles. The lowest BCUT2D eigenvalue weighted by molar-refractivity contribution is -0.0934. The number of anilines is 1. The van der Waals surface area contributed by atoms with Gasteiger partial charge in [0, 0.05) is 30.5 Å². The van der Waals surface area contributed by atoms with Gasteiger partial charge in [-0.2, -0.15) is 18.3 Å². The fourth-order valence-corrected chi connectivity index (χ4v) is 3.91. The van der Waals surface area contributed by atoms with Gasteiger partial charge >= 0.3 is 6.18 Å². The van der Waals surface area contributed by atoms with Crippen LogP contribution in [0.25, 0.3) is 10.9 Å². The van der Waals surface area contributed by atoms with Gasteiger partial charge in [-0.1, -0.05) is 0 Å². The van der Waals surface area contributed by atoms with Gasteiger partial charge in [-0.15, -0.1) is 0 Å². The van der Waals surface area contributed by atoms with Crippen molar-refractivity contribution in [2.45, 2.75) is 37.9 Å². The Balaban J connectivity index is 1.65. The third-order valence-corrected chi connectivity index (χ3v) is 5.48. The van der Waals surface area contributed by atoms with Crippen molar-refractivity contribution < 1.29 is 22.7 Å². The zero-order valence-corrected chi connectivity index (χ0v) is 15.0. The SMILES string of the molecule is OCC1CCC(n2cc3cc(N4CC=NC=C4C(F)(F)F)c(F)cc3n2)CC1. The van der Waals surface area contributed by atoms with Crippen LogP contribution in [-0.4, -0.2) is 40.4 Å². The number of aliphatic imine (C=N–C) groups is 1. The minimum atomic E-state index is -4.63. The molecule has 150 valence electrons. The average molecular weight is 396 g/mol. The van der Waals surface area contributed by atoms with Crippen molar-refractivity contribution in [1.82, 2.24) is 9.78 Å². The van der Waals surface area contributed by atoms with Gasteiger partial charge < -0.3 is 10.0 Å². The number of nitrogens with zero attached hydrogens (tertiary/aromatic N) is 4. The highest BCUT2D eigenvalue weighted by molar-refractivity contribution is 5.84. The summed E-state index contributed by atoms with van der Waals surface area (Å²) in [6.07, 6.45) is 2.65. The molecule has 1 aromatic heterocycles. The van der Waals surface area contributed by atoms with E-state index in [0.717, 1.165) is 30.6 Å². The van der Waals surface area contributed by atoms with Crippen LogP contribution < -0.4 is 4.90 Å². The van der Waals surface area contributed by atoms with Crippen molar-refractivity contribution in [2.24, 2.45) is 10.9 Å². The van der Waals surface area contributed by atoms with E-state index in [-0.39, 0.29) is 24.9 Å². The van der Waals surface area contributed by atoms with Gasteiger partial charge in [-0.3, -0.25) is 9.67 Å². The molecule has 1 fully saturated rings. The van der Waals surface area contributed by atoms with E-state index in [1.807, 2.05) is 0 Å². The predicted octanol–water partition coefficient (Wildman–Crippen LogP) is 4.19. The topological polar surface area (TPSA) is 53.6 Å². The van der Waals surface area contributed by atoms with Crippen molar-refractivity contribution in [2.75, 3.05) is 18.1 Å². The van der Waals surface area contributed by atoms with E-state index >= 15 is 0 Å². The maximum atomic E-state index is 14.7. The summed E-state index contributed by atoms with van der Waals surface area (Å²) in [7, 11) is 0. The molecule has 9 heteroatoms. The van der Waals surface area contributed by atoms with Crippen molar-refractivity contribution in [3.63, 3.8) is 0 Å². The second kappa shape index (κ2) is 7.20. The van der Waals surface area contributed by atoms with Crippen LogP contribution in [0, 0.1) is 11.7 Å². The summed E-state index contributed by atoms with van der Waals surface area (Å²) >= 11 is 0. The highest BCUT2D eigenvalue weighted by Crippen LogP contribution is 2.37. The number of hydrogen-bond donors (Lipinski definition) is 1. The zero-order valence-electron chi connectivity index (χ0n) is 15.0. The van der Waals surface area contributed by atoms with Crippen molar-refractivity contribution in [3.05, 3.63) is 36.0 Å². The normalized spacial score (nSPS) is 23.3. The number of hydrogen-bond acceptors (Lipinski definition) is 4. The number of benzene rings is 1. The summed E-state index contributed by atoms with van der Waals surface area (Å²) in [4.78, 5) is 4.45. The lowest BCUT2D eigenvalue weighted by Crippen LogP contribution is -2.35. The minimum absolute atomic E-state index is 0.147. The summed E-state index contributed by atoms with van der Waals surface area (Å²) in [6.45, 7) is 0.0175. The second-order valence-corrected chi connectivity index (χ2v) is 7.28. The van der Waals surface area contributed by atoms with Crippen LogP contribution in [0.4, 0.5) is 23.2 Å². The Hall–Kier alpha value is -2.42. The lowest BCUT2D eigenvalue weighted by Gasteiger charge is -2.29. The molecule has 0 saturated heterocycles. The molecule has 0 atom stereocenters. The molecule has 2 heterocycles. The minimum Gasteiger partial charge on any atom is -0.396 e. The number of alkyl halides is 3. The molecule has 1 saturated carbocycles. The molecule has 4 rings (SSSR count). The first-order valence-electron chi connectivity index (χ1n) is 9.22. The number of aromatic nitrogens is 2. The molecule has 1 aliphatic heterocycles. The van der Waals surface area contributed by atoms with Gasteiger partial charge in [0.25, 0.3) is 0 Å². The Morgan fingerprint density at radius 3 is 2.57 bits per heavy atom. The van der Waals surface area contributed by atoms with Crippen LogP contribution in [0.15, 0.2) is 35.2 Å². The van der Waals surface area contributed by atoms with Crippen LogP contribution in [-0.2, 0) is 0 Å². The standard InChI is InChI=1S/C19H20F4N4O/c20-15-8-16-13(10-27(25-16)14-3-1-12(11-28)2-4-14)7-17(15)26-6-5-24-9-18(26)19(21,22)23/h5,7-10,12,14,28H,1-4,6,11H2. The van der Waals surface area contributed by atoms with Gasteiger partial charge in [-0.25, -0.2) is 4.39 Å². The fourth-order valence-electron chi connectivity index (χ4n) is 3.91. The third kappa shape index (κ3) is 3.50. The lowest BCUT2D eigenvalue weighted by atomic mass is 9.87. The quantitative estimate of drug-likeness (QED) is 0.792. The number of rotatable bonds is 3. The van der Waals surface area contributed by atoms with Crippen LogP contribution in [0.1, 0.15) is 31.7 Å².